The summed E-state index contributed by atoms with van der Waals surface area (Å²) in [7, 11) is 1.66. The van der Waals surface area contributed by atoms with Gasteiger partial charge in [-0.3, -0.25) is 0 Å². The SMILES string of the molecule is COc1ccc(NC2CCOC2)cc1Br. The monoisotopic (exact) mass is 271 g/mol. The van der Waals surface area contributed by atoms with Crippen LogP contribution in [0, 0.1) is 0 Å². The van der Waals surface area contributed by atoms with Gasteiger partial charge in [0.15, 0.2) is 0 Å². The largest absolute Gasteiger partial charge is 0.496 e. The number of hydrogen-bond acceptors (Lipinski definition) is 3. The zero-order valence-electron chi connectivity index (χ0n) is 8.63. The van der Waals surface area contributed by atoms with Gasteiger partial charge in [0.25, 0.3) is 0 Å². The summed E-state index contributed by atoms with van der Waals surface area (Å²) in [6.45, 7) is 1.65. The molecule has 82 valence electrons. The Kier molecular flexibility index (Phi) is 3.49. The minimum atomic E-state index is 0.435. The maximum atomic E-state index is 5.31. The molecule has 1 aliphatic rings. The van der Waals surface area contributed by atoms with Gasteiger partial charge >= 0.3 is 0 Å². The highest BCUT2D eigenvalue weighted by Gasteiger charge is 2.15. The highest BCUT2D eigenvalue weighted by molar-refractivity contribution is 9.10. The van der Waals surface area contributed by atoms with Crippen LogP contribution in [0.4, 0.5) is 5.69 Å². The summed E-state index contributed by atoms with van der Waals surface area (Å²) >= 11 is 3.46. The molecule has 1 heterocycles. The lowest BCUT2D eigenvalue weighted by atomic mass is 10.2. The van der Waals surface area contributed by atoms with E-state index in [1.807, 2.05) is 18.2 Å². The second-order valence-corrected chi connectivity index (χ2v) is 4.41. The van der Waals surface area contributed by atoms with E-state index in [9.17, 15) is 0 Å². The average molecular weight is 272 g/mol. The van der Waals surface area contributed by atoms with Crippen LogP contribution >= 0.6 is 15.9 Å². The van der Waals surface area contributed by atoms with Crippen LogP contribution in [-0.4, -0.2) is 26.4 Å². The maximum absolute atomic E-state index is 5.31. The minimum absolute atomic E-state index is 0.435. The lowest BCUT2D eigenvalue weighted by molar-refractivity contribution is 0.195. The number of hydrogen-bond donors (Lipinski definition) is 1. The van der Waals surface area contributed by atoms with Crippen molar-refractivity contribution in [2.75, 3.05) is 25.6 Å². The fraction of sp³-hybridized carbons (Fsp3) is 0.455. The van der Waals surface area contributed by atoms with Crippen LogP contribution in [-0.2, 0) is 4.74 Å². The normalized spacial score (nSPS) is 20.3. The number of nitrogens with one attached hydrogen (secondary N) is 1. The van der Waals surface area contributed by atoms with E-state index in [-0.39, 0.29) is 0 Å². The zero-order valence-corrected chi connectivity index (χ0v) is 10.2. The van der Waals surface area contributed by atoms with E-state index in [2.05, 4.69) is 21.2 Å². The van der Waals surface area contributed by atoms with E-state index >= 15 is 0 Å². The van der Waals surface area contributed by atoms with E-state index in [0.29, 0.717) is 6.04 Å². The van der Waals surface area contributed by atoms with Gasteiger partial charge < -0.3 is 14.8 Å². The van der Waals surface area contributed by atoms with Gasteiger partial charge in [-0.1, -0.05) is 0 Å². The molecular formula is C11H14BrNO2. The minimum Gasteiger partial charge on any atom is -0.496 e. The van der Waals surface area contributed by atoms with Gasteiger partial charge in [-0.25, -0.2) is 0 Å². The van der Waals surface area contributed by atoms with Crippen molar-refractivity contribution in [3.8, 4) is 5.75 Å². The van der Waals surface area contributed by atoms with Crippen LogP contribution < -0.4 is 10.1 Å². The molecule has 3 nitrogen and oxygen atoms in total. The van der Waals surface area contributed by atoms with Crippen LogP contribution in [0.25, 0.3) is 0 Å². The molecule has 0 aromatic heterocycles. The highest BCUT2D eigenvalue weighted by Crippen LogP contribution is 2.28. The number of benzene rings is 1. The first-order valence-corrected chi connectivity index (χ1v) is 5.76. The van der Waals surface area contributed by atoms with Crippen LogP contribution in [0.3, 0.4) is 0 Å². The van der Waals surface area contributed by atoms with Gasteiger partial charge in [0.05, 0.1) is 24.2 Å². The van der Waals surface area contributed by atoms with Crippen molar-refractivity contribution in [3.63, 3.8) is 0 Å². The molecule has 0 radical (unpaired) electrons. The average Bonchev–Trinajstić information content (AvgIpc) is 2.71. The van der Waals surface area contributed by atoms with Gasteiger partial charge in [-0.05, 0) is 40.5 Å². The standard InChI is InChI=1S/C11H14BrNO2/c1-14-11-3-2-8(6-10(11)12)13-9-4-5-15-7-9/h2-3,6,9,13H,4-5,7H2,1H3. The lowest BCUT2D eigenvalue weighted by Gasteiger charge is -2.13. The molecule has 1 saturated heterocycles. The fourth-order valence-corrected chi connectivity index (χ4v) is 2.18. The van der Waals surface area contributed by atoms with Gasteiger partial charge in [0, 0.05) is 12.3 Å². The smallest absolute Gasteiger partial charge is 0.133 e. The summed E-state index contributed by atoms with van der Waals surface area (Å²) in [6, 6.07) is 6.42. The topological polar surface area (TPSA) is 30.5 Å². The summed E-state index contributed by atoms with van der Waals surface area (Å²) < 4.78 is 11.4. The summed E-state index contributed by atoms with van der Waals surface area (Å²) in [5.74, 6) is 0.850. The Labute approximate surface area is 97.9 Å². The zero-order chi connectivity index (χ0) is 10.7. The lowest BCUT2D eigenvalue weighted by Crippen LogP contribution is -2.18. The van der Waals surface area contributed by atoms with Gasteiger partial charge in [0.2, 0.25) is 0 Å². The first kappa shape index (κ1) is 10.8. The quantitative estimate of drug-likeness (QED) is 0.917. The van der Waals surface area contributed by atoms with Crippen molar-refractivity contribution >= 4 is 21.6 Å². The molecular weight excluding hydrogens is 258 g/mol. The van der Waals surface area contributed by atoms with E-state index in [1.165, 1.54) is 0 Å². The summed E-state index contributed by atoms with van der Waals surface area (Å²) in [5, 5.41) is 3.42. The molecule has 1 fully saturated rings. The van der Waals surface area contributed by atoms with Gasteiger partial charge in [0.1, 0.15) is 5.75 Å². The Hall–Kier alpha value is -0.740. The third-order valence-corrected chi connectivity index (χ3v) is 3.07. The number of methoxy groups -OCH3 is 1. The molecule has 0 amide bonds. The van der Waals surface area contributed by atoms with Crippen LogP contribution in [0.15, 0.2) is 22.7 Å². The number of halogens is 1. The molecule has 1 aromatic rings. The van der Waals surface area contributed by atoms with Crippen molar-refractivity contribution in [2.24, 2.45) is 0 Å². The Bertz CT molecular complexity index is 337. The first-order valence-electron chi connectivity index (χ1n) is 4.97. The van der Waals surface area contributed by atoms with Crippen LogP contribution in [0.5, 0.6) is 5.75 Å². The van der Waals surface area contributed by atoms with Crippen molar-refractivity contribution in [2.45, 2.75) is 12.5 Å². The van der Waals surface area contributed by atoms with E-state index < -0.39 is 0 Å². The van der Waals surface area contributed by atoms with Crippen LogP contribution in [0.1, 0.15) is 6.42 Å². The predicted octanol–water partition coefficient (Wildman–Crippen LogP) is 2.66. The van der Waals surface area contributed by atoms with Crippen molar-refractivity contribution in [3.05, 3.63) is 22.7 Å². The van der Waals surface area contributed by atoms with Crippen LogP contribution in [0.2, 0.25) is 0 Å². The van der Waals surface area contributed by atoms with Crippen molar-refractivity contribution < 1.29 is 9.47 Å². The van der Waals surface area contributed by atoms with E-state index in [0.717, 1.165) is 35.5 Å². The Morgan fingerprint density at radius 2 is 2.40 bits per heavy atom. The van der Waals surface area contributed by atoms with Crippen molar-refractivity contribution in [1.82, 2.24) is 0 Å². The summed E-state index contributed by atoms with van der Waals surface area (Å²) in [5.41, 5.74) is 1.10. The molecule has 1 aromatic carbocycles. The Balaban J connectivity index is 2.05. The van der Waals surface area contributed by atoms with E-state index in [4.69, 9.17) is 9.47 Å². The highest BCUT2D eigenvalue weighted by atomic mass is 79.9. The summed E-state index contributed by atoms with van der Waals surface area (Å²) in [6.07, 6.45) is 1.07. The second kappa shape index (κ2) is 4.86. The summed E-state index contributed by atoms with van der Waals surface area (Å²) in [4.78, 5) is 0. The molecule has 0 spiro atoms. The Morgan fingerprint density at radius 3 is 3.00 bits per heavy atom. The molecule has 0 saturated carbocycles. The van der Waals surface area contributed by atoms with Gasteiger partial charge in [-0.2, -0.15) is 0 Å². The molecule has 1 atom stereocenters. The molecule has 1 aliphatic heterocycles. The van der Waals surface area contributed by atoms with E-state index in [1.54, 1.807) is 7.11 Å². The molecule has 2 rings (SSSR count). The third kappa shape index (κ3) is 2.63. The fourth-order valence-electron chi connectivity index (χ4n) is 1.64. The second-order valence-electron chi connectivity index (χ2n) is 3.55. The molecule has 15 heavy (non-hydrogen) atoms. The third-order valence-electron chi connectivity index (χ3n) is 2.45. The number of rotatable bonds is 3. The molecule has 1 unspecified atom stereocenters. The molecule has 1 N–H and O–H groups in total. The molecule has 0 bridgehead atoms. The van der Waals surface area contributed by atoms with Crippen molar-refractivity contribution in [1.29, 1.82) is 0 Å². The molecule has 0 aliphatic carbocycles. The first-order chi connectivity index (χ1) is 7.29. The number of ether oxygens (including phenoxy) is 2. The van der Waals surface area contributed by atoms with Gasteiger partial charge in [-0.15, -0.1) is 0 Å². The predicted molar refractivity (Wildman–Crippen MR) is 63.5 cm³/mol. The maximum Gasteiger partial charge on any atom is 0.133 e. The molecule has 4 heteroatoms. The number of anilines is 1. The Morgan fingerprint density at radius 1 is 1.53 bits per heavy atom.